The van der Waals surface area contributed by atoms with Gasteiger partial charge in [0.1, 0.15) is 0 Å². The van der Waals surface area contributed by atoms with Gasteiger partial charge in [0.15, 0.2) is 0 Å². The van der Waals surface area contributed by atoms with Crippen LogP contribution in [0, 0.1) is 67.7 Å². The van der Waals surface area contributed by atoms with Gasteiger partial charge < -0.3 is 10.8 Å². The van der Waals surface area contributed by atoms with Gasteiger partial charge in [0, 0.05) is 44.1 Å². The van der Waals surface area contributed by atoms with E-state index in [-0.39, 0.29) is 62.1 Å². The van der Waals surface area contributed by atoms with E-state index in [0.29, 0.717) is 17.8 Å². The fourth-order valence-electron chi connectivity index (χ4n) is 3.28. The van der Waals surface area contributed by atoms with Crippen molar-refractivity contribution in [3.63, 3.8) is 0 Å². The second kappa shape index (κ2) is 7.72. The van der Waals surface area contributed by atoms with E-state index in [1.807, 2.05) is 0 Å². The molecule has 0 saturated heterocycles. The van der Waals surface area contributed by atoms with E-state index in [1.165, 1.54) is 0 Å². The quantitative estimate of drug-likeness (QED) is 0.716. The van der Waals surface area contributed by atoms with Crippen LogP contribution in [0.15, 0.2) is 0 Å². The van der Waals surface area contributed by atoms with Gasteiger partial charge in [-0.2, -0.15) is 0 Å². The second-order valence-electron chi connectivity index (χ2n) is 5.36. The zero-order valence-electron chi connectivity index (χ0n) is 11.1. The topological polar surface area (TPSA) is 44.0 Å². The van der Waals surface area contributed by atoms with E-state index in [1.54, 1.807) is 0 Å². The zero-order valence-corrected chi connectivity index (χ0v) is 15.9. The van der Waals surface area contributed by atoms with Gasteiger partial charge in [-0.25, -0.2) is 0 Å². The Balaban J connectivity index is 0.00000225. The summed E-state index contributed by atoms with van der Waals surface area (Å²) in [6, 6.07) is -0.0741. The van der Waals surface area contributed by atoms with Crippen molar-refractivity contribution in [1.82, 2.24) is 0 Å². The predicted molar refractivity (Wildman–Crippen MR) is 64.6 cm³/mol. The SMILES string of the molecule is CCC(CC)C([NH-])[C@@H]1[C@H](O)[C@@H](C)C[C@H]1C.[Ac]. The van der Waals surface area contributed by atoms with Crippen LogP contribution in [0.2, 0.25) is 0 Å². The molecule has 1 aliphatic rings. The molecule has 0 aromatic rings. The Bertz CT molecular complexity index is 196. The molecule has 0 aromatic carbocycles. The van der Waals surface area contributed by atoms with E-state index in [2.05, 4.69) is 27.7 Å². The van der Waals surface area contributed by atoms with Crippen molar-refractivity contribution in [2.45, 2.75) is 59.1 Å². The van der Waals surface area contributed by atoms with Crippen molar-refractivity contribution >= 4 is 0 Å². The van der Waals surface area contributed by atoms with Crippen molar-refractivity contribution in [3.05, 3.63) is 5.73 Å². The van der Waals surface area contributed by atoms with Gasteiger partial charge >= 0.3 is 0 Å². The summed E-state index contributed by atoms with van der Waals surface area (Å²) in [5.41, 5.74) is 8.32. The summed E-state index contributed by atoms with van der Waals surface area (Å²) in [6.07, 6.45) is 2.97. The molecular weight excluding hydrogens is 413 g/mol. The molecule has 1 fully saturated rings. The minimum absolute atomic E-state index is 0. The Morgan fingerprint density at radius 1 is 1.19 bits per heavy atom. The van der Waals surface area contributed by atoms with Crippen molar-refractivity contribution in [3.8, 4) is 0 Å². The predicted octanol–water partition coefficient (Wildman–Crippen LogP) is 3.50. The van der Waals surface area contributed by atoms with Gasteiger partial charge in [-0.1, -0.05) is 46.5 Å². The number of aliphatic hydroxyl groups is 1. The molecule has 1 unspecified atom stereocenters. The van der Waals surface area contributed by atoms with E-state index in [9.17, 15) is 5.11 Å². The van der Waals surface area contributed by atoms with Crippen LogP contribution >= 0.6 is 0 Å². The van der Waals surface area contributed by atoms with Gasteiger partial charge in [0.05, 0.1) is 6.10 Å². The molecule has 1 radical (unpaired) electrons. The molecule has 1 saturated carbocycles. The molecule has 5 atom stereocenters. The Hall–Kier alpha value is 1.36. The van der Waals surface area contributed by atoms with Gasteiger partial charge in [-0.3, -0.25) is 0 Å². The van der Waals surface area contributed by atoms with E-state index >= 15 is 0 Å². The molecule has 0 aromatic heterocycles. The minimum Gasteiger partial charge on any atom is -0.674 e. The molecule has 2 N–H and O–H groups in total. The van der Waals surface area contributed by atoms with Crippen LogP contribution in [-0.2, 0) is 0 Å². The maximum atomic E-state index is 10.1. The van der Waals surface area contributed by atoms with Gasteiger partial charge in [0.2, 0.25) is 0 Å². The molecule has 1 rings (SSSR count). The van der Waals surface area contributed by atoms with Gasteiger partial charge in [0.25, 0.3) is 0 Å². The largest absolute Gasteiger partial charge is 0.674 e. The summed E-state index contributed by atoms with van der Waals surface area (Å²) in [5, 5.41) is 10.1. The van der Waals surface area contributed by atoms with E-state index in [0.717, 1.165) is 19.3 Å². The molecule has 0 heterocycles. The molecule has 3 heteroatoms. The Labute approximate surface area is 136 Å². The molecule has 1 aliphatic carbocycles. The maximum absolute atomic E-state index is 10.1. The average molecular weight is 439 g/mol. The van der Waals surface area contributed by atoms with Crippen molar-refractivity contribution < 1.29 is 49.2 Å². The molecule has 0 amide bonds. The minimum atomic E-state index is -0.247. The summed E-state index contributed by atoms with van der Waals surface area (Å²) < 4.78 is 0. The van der Waals surface area contributed by atoms with E-state index < -0.39 is 0 Å². The first-order valence-electron chi connectivity index (χ1n) is 6.42. The zero-order chi connectivity index (χ0) is 11.6. The first-order chi connectivity index (χ1) is 7.02. The van der Waals surface area contributed by atoms with Crippen molar-refractivity contribution in [2.24, 2.45) is 23.7 Å². The summed E-state index contributed by atoms with van der Waals surface area (Å²) in [7, 11) is 0. The van der Waals surface area contributed by atoms with Crippen LogP contribution in [-0.4, -0.2) is 17.3 Å². The van der Waals surface area contributed by atoms with Gasteiger partial charge in [-0.15, -0.1) is 6.04 Å². The Morgan fingerprint density at radius 2 is 1.69 bits per heavy atom. The maximum Gasteiger partial charge on any atom is 0.0582 e. The molecule has 0 bridgehead atoms. The number of rotatable bonds is 4. The van der Waals surface area contributed by atoms with Crippen LogP contribution in [0.4, 0.5) is 0 Å². The Kier molecular flexibility index (Phi) is 8.38. The first kappa shape index (κ1) is 17.4. The fraction of sp³-hybridized carbons (Fsp3) is 1.00. The molecule has 16 heavy (non-hydrogen) atoms. The number of hydrogen-bond donors (Lipinski definition) is 1. The molecular formula is C13H26AcNO-. The summed E-state index contributed by atoms with van der Waals surface area (Å²) in [4.78, 5) is 0. The Morgan fingerprint density at radius 3 is 2.00 bits per heavy atom. The van der Waals surface area contributed by atoms with Crippen LogP contribution in [0.3, 0.4) is 0 Å². The standard InChI is InChI=1S/C13H26NO.Ac/c1-5-10(6-2)12(14)11-8(3)7-9(4)13(11)15;/h8-15H,5-7H2,1-4H3;/q-1;/t8-,9+,11-,12?,13-;/m1./s1. The van der Waals surface area contributed by atoms with Crippen molar-refractivity contribution in [2.75, 3.05) is 0 Å². The third-order valence-corrected chi connectivity index (χ3v) is 4.35. The summed E-state index contributed by atoms with van der Waals surface area (Å²) in [6.45, 7) is 8.62. The summed E-state index contributed by atoms with van der Waals surface area (Å²) >= 11 is 0. The molecule has 0 spiro atoms. The van der Waals surface area contributed by atoms with E-state index in [4.69, 9.17) is 5.73 Å². The smallest absolute Gasteiger partial charge is 0.0582 e. The van der Waals surface area contributed by atoms with Crippen LogP contribution in [0.5, 0.6) is 0 Å². The van der Waals surface area contributed by atoms with Crippen LogP contribution in [0.1, 0.15) is 47.0 Å². The molecule has 93 valence electrons. The van der Waals surface area contributed by atoms with Gasteiger partial charge in [-0.05, 0) is 24.2 Å². The monoisotopic (exact) mass is 439 g/mol. The number of nitrogens with one attached hydrogen (secondary N) is 1. The first-order valence-corrected chi connectivity index (χ1v) is 6.42. The van der Waals surface area contributed by atoms with Crippen LogP contribution < -0.4 is 0 Å². The summed E-state index contributed by atoms with van der Waals surface area (Å²) in [5.74, 6) is 1.55. The molecule has 0 aliphatic heterocycles. The molecule has 2 nitrogen and oxygen atoms in total. The van der Waals surface area contributed by atoms with Crippen molar-refractivity contribution in [1.29, 1.82) is 0 Å². The third-order valence-electron chi connectivity index (χ3n) is 4.35. The third kappa shape index (κ3) is 3.68. The van der Waals surface area contributed by atoms with Crippen LogP contribution in [0.25, 0.3) is 5.73 Å². The normalized spacial score (nSPS) is 36.2. The average Bonchev–Trinajstić information content (AvgIpc) is 2.43. The second-order valence-corrected chi connectivity index (χ2v) is 5.36. The number of hydrogen-bond acceptors (Lipinski definition) is 1. The number of aliphatic hydroxyl groups excluding tert-OH is 1. The fourth-order valence-corrected chi connectivity index (χ4v) is 3.28.